The van der Waals surface area contributed by atoms with E-state index in [4.69, 9.17) is 4.42 Å². The fourth-order valence-corrected chi connectivity index (χ4v) is 7.76. The first-order valence-electron chi connectivity index (χ1n) is 17.8. The summed E-state index contributed by atoms with van der Waals surface area (Å²) in [6.07, 6.45) is 0. The van der Waals surface area contributed by atoms with Gasteiger partial charge in [-0.1, -0.05) is 164 Å². The quantitative estimate of drug-likeness (QED) is 0.176. The highest BCUT2D eigenvalue weighted by atomic mass is 16.3. The molecule has 0 fully saturated rings. The summed E-state index contributed by atoms with van der Waals surface area (Å²) in [6, 6.07) is 71.6. The molecule has 0 spiro atoms. The molecule has 52 heavy (non-hydrogen) atoms. The third kappa shape index (κ3) is 5.04. The summed E-state index contributed by atoms with van der Waals surface area (Å²) < 4.78 is 6.70. The zero-order chi connectivity index (χ0) is 34.4. The van der Waals surface area contributed by atoms with Gasteiger partial charge < -0.3 is 9.32 Å². The van der Waals surface area contributed by atoms with Crippen LogP contribution in [0.15, 0.2) is 205 Å². The van der Waals surface area contributed by atoms with E-state index in [2.05, 4.69) is 205 Å². The monoisotopic (exact) mass is 663 g/mol. The van der Waals surface area contributed by atoms with E-state index >= 15 is 0 Å². The maximum Gasteiger partial charge on any atom is 0.143 e. The summed E-state index contributed by atoms with van der Waals surface area (Å²) in [4.78, 5) is 2.38. The van der Waals surface area contributed by atoms with Gasteiger partial charge in [-0.3, -0.25) is 0 Å². The van der Waals surface area contributed by atoms with Gasteiger partial charge in [0, 0.05) is 38.7 Å². The van der Waals surface area contributed by atoms with E-state index in [0.29, 0.717) is 0 Å². The number of hydrogen-bond donors (Lipinski definition) is 0. The maximum absolute atomic E-state index is 6.70. The lowest BCUT2D eigenvalue weighted by Crippen LogP contribution is -2.11. The van der Waals surface area contributed by atoms with Crippen molar-refractivity contribution < 1.29 is 4.42 Å². The Morgan fingerprint density at radius 2 is 0.808 bits per heavy atom. The Hall–Kier alpha value is -6.90. The fraction of sp³-hybridized carbons (Fsp3) is 0. The van der Waals surface area contributed by atoms with Gasteiger partial charge in [0.05, 0.1) is 5.69 Å². The van der Waals surface area contributed by atoms with Crippen LogP contribution in [0.5, 0.6) is 0 Å². The largest absolute Gasteiger partial charge is 0.455 e. The molecule has 244 valence electrons. The highest BCUT2D eigenvalue weighted by molar-refractivity contribution is 6.17. The molecule has 0 aliphatic heterocycles. The van der Waals surface area contributed by atoms with Gasteiger partial charge in [0.25, 0.3) is 0 Å². The average Bonchev–Trinajstić information content (AvgIpc) is 3.62. The number of fused-ring (bicyclic) bond motifs is 6. The van der Waals surface area contributed by atoms with Crippen molar-refractivity contribution in [2.24, 2.45) is 0 Å². The fourth-order valence-electron chi connectivity index (χ4n) is 7.76. The van der Waals surface area contributed by atoms with E-state index in [9.17, 15) is 0 Å². The Morgan fingerprint density at radius 3 is 1.60 bits per heavy atom. The van der Waals surface area contributed by atoms with Gasteiger partial charge in [-0.05, 0) is 74.8 Å². The van der Waals surface area contributed by atoms with Gasteiger partial charge in [0.15, 0.2) is 0 Å². The zero-order valence-electron chi connectivity index (χ0n) is 28.4. The molecule has 0 saturated carbocycles. The van der Waals surface area contributed by atoms with Crippen LogP contribution in [0.1, 0.15) is 0 Å². The smallest absolute Gasteiger partial charge is 0.143 e. The maximum atomic E-state index is 6.70. The van der Waals surface area contributed by atoms with Crippen LogP contribution < -0.4 is 4.90 Å². The first kappa shape index (κ1) is 30.0. The van der Waals surface area contributed by atoms with Crippen molar-refractivity contribution in [1.82, 2.24) is 0 Å². The summed E-state index contributed by atoms with van der Waals surface area (Å²) in [5, 5.41) is 7.05. The first-order valence-corrected chi connectivity index (χ1v) is 17.8. The Balaban J connectivity index is 1.12. The number of furan rings is 1. The molecule has 0 radical (unpaired) electrons. The zero-order valence-corrected chi connectivity index (χ0v) is 28.4. The molecule has 2 heteroatoms. The number of anilines is 3. The van der Waals surface area contributed by atoms with Crippen LogP contribution in [0.25, 0.3) is 76.9 Å². The van der Waals surface area contributed by atoms with Crippen molar-refractivity contribution in [3.63, 3.8) is 0 Å². The summed E-state index contributed by atoms with van der Waals surface area (Å²) in [6.45, 7) is 0. The number of hydrogen-bond acceptors (Lipinski definition) is 2. The molecule has 0 aliphatic rings. The topological polar surface area (TPSA) is 16.4 Å². The van der Waals surface area contributed by atoms with E-state index in [0.717, 1.165) is 55.5 Å². The van der Waals surface area contributed by atoms with Crippen LogP contribution in [0.2, 0.25) is 0 Å². The molecule has 10 rings (SSSR count). The third-order valence-corrected chi connectivity index (χ3v) is 10.3. The molecule has 0 saturated heterocycles. The third-order valence-electron chi connectivity index (χ3n) is 10.3. The second-order valence-corrected chi connectivity index (χ2v) is 13.3. The van der Waals surface area contributed by atoms with Crippen molar-refractivity contribution in [3.8, 4) is 33.4 Å². The molecule has 2 nitrogen and oxygen atoms in total. The molecule has 0 bridgehead atoms. The second-order valence-electron chi connectivity index (χ2n) is 13.3. The van der Waals surface area contributed by atoms with Gasteiger partial charge in [-0.2, -0.15) is 0 Å². The molecule has 1 heterocycles. The van der Waals surface area contributed by atoms with Crippen LogP contribution >= 0.6 is 0 Å². The summed E-state index contributed by atoms with van der Waals surface area (Å²) in [5.41, 5.74) is 12.1. The molecule has 0 unspecified atom stereocenters. The lowest BCUT2D eigenvalue weighted by atomic mass is 9.96. The average molecular weight is 664 g/mol. The number of para-hydroxylation sites is 2. The molecule has 0 N–H and O–H groups in total. The summed E-state index contributed by atoms with van der Waals surface area (Å²) in [5.74, 6) is 0. The minimum absolute atomic E-state index is 0.913. The van der Waals surface area contributed by atoms with E-state index in [1.54, 1.807) is 0 Å². The Morgan fingerprint density at radius 1 is 0.288 bits per heavy atom. The minimum atomic E-state index is 0.913. The second kappa shape index (κ2) is 12.5. The number of rotatable bonds is 6. The summed E-state index contributed by atoms with van der Waals surface area (Å²) >= 11 is 0. The van der Waals surface area contributed by atoms with E-state index in [1.165, 1.54) is 38.4 Å². The van der Waals surface area contributed by atoms with E-state index in [1.807, 2.05) is 0 Å². The van der Waals surface area contributed by atoms with Gasteiger partial charge in [0.1, 0.15) is 11.2 Å². The van der Waals surface area contributed by atoms with Crippen molar-refractivity contribution in [1.29, 1.82) is 0 Å². The highest BCUT2D eigenvalue weighted by Crippen LogP contribution is 2.44. The number of nitrogens with zero attached hydrogens (tertiary/aromatic N) is 1. The molecule has 10 aromatic rings. The van der Waals surface area contributed by atoms with Crippen LogP contribution in [0.3, 0.4) is 0 Å². The Bertz CT molecular complexity index is 2880. The van der Waals surface area contributed by atoms with Crippen LogP contribution in [0.4, 0.5) is 17.1 Å². The van der Waals surface area contributed by atoms with Gasteiger partial charge in [-0.15, -0.1) is 0 Å². The van der Waals surface area contributed by atoms with E-state index in [-0.39, 0.29) is 0 Å². The minimum Gasteiger partial charge on any atom is -0.455 e. The van der Waals surface area contributed by atoms with Crippen LogP contribution in [0, 0.1) is 0 Å². The number of benzene rings is 9. The summed E-state index contributed by atoms with van der Waals surface area (Å²) in [7, 11) is 0. The lowest BCUT2D eigenvalue weighted by Gasteiger charge is -2.28. The normalized spacial score (nSPS) is 11.5. The SMILES string of the molecule is c1ccc(-c2ccc(N(c3ccc(-c4cccc5c4oc4c6ccccc6ccc54)cc3)c3ccccc3-c3cccc4ccccc34)cc2)cc1. The molecule has 0 atom stereocenters. The molecule has 1 aromatic heterocycles. The predicted octanol–water partition coefficient (Wildman–Crippen LogP) is 14.4. The predicted molar refractivity (Wildman–Crippen MR) is 220 cm³/mol. The van der Waals surface area contributed by atoms with Crippen molar-refractivity contribution in [3.05, 3.63) is 200 Å². The molecule has 0 aliphatic carbocycles. The standard InChI is InChI=1S/C50H33NO/c1-2-12-34(13-3-1)35-24-29-39(30-25-35)51(48-23-9-8-19-45(48)44-21-10-16-36-14-4-6-17-41(36)44)40-31-26-38(27-32-40)43-20-11-22-46-47-33-28-37-15-5-7-18-42(37)50(47)52-49(43)46/h1-33H. The molecular weight excluding hydrogens is 631 g/mol. The van der Waals surface area contributed by atoms with Crippen LogP contribution in [-0.2, 0) is 0 Å². The van der Waals surface area contributed by atoms with Crippen molar-refractivity contribution >= 4 is 60.5 Å². The Kier molecular flexibility index (Phi) is 7.18. The highest BCUT2D eigenvalue weighted by Gasteiger charge is 2.20. The van der Waals surface area contributed by atoms with Crippen LogP contribution in [-0.4, -0.2) is 0 Å². The lowest BCUT2D eigenvalue weighted by molar-refractivity contribution is 0.674. The molecule has 0 amide bonds. The van der Waals surface area contributed by atoms with Gasteiger partial charge >= 0.3 is 0 Å². The first-order chi connectivity index (χ1) is 25.8. The molecular formula is C50H33NO. The van der Waals surface area contributed by atoms with Gasteiger partial charge in [-0.25, -0.2) is 0 Å². The van der Waals surface area contributed by atoms with Crippen molar-refractivity contribution in [2.75, 3.05) is 4.90 Å². The Labute approximate surface area is 302 Å². The molecule has 9 aromatic carbocycles. The van der Waals surface area contributed by atoms with E-state index < -0.39 is 0 Å². The van der Waals surface area contributed by atoms with Gasteiger partial charge in [0.2, 0.25) is 0 Å². The van der Waals surface area contributed by atoms with Crippen molar-refractivity contribution in [2.45, 2.75) is 0 Å².